The van der Waals surface area contributed by atoms with Gasteiger partial charge in [-0.2, -0.15) is 0 Å². The van der Waals surface area contributed by atoms with Crippen LogP contribution in [0.2, 0.25) is 0 Å². The molecule has 0 spiro atoms. The maximum Gasteiger partial charge on any atom is 0.414 e. The summed E-state index contributed by atoms with van der Waals surface area (Å²) in [5.41, 5.74) is 4.60. The van der Waals surface area contributed by atoms with E-state index in [1.165, 1.54) is 16.0 Å². The summed E-state index contributed by atoms with van der Waals surface area (Å²) in [6, 6.07) is 14.7. The van der Waals surface area contributed by atoms with E-state index in [0.717, 1.165) is 75.2 Å². The first-order valence-electron chi connectivity index (χ1n) is 12.1. The second-order valence-corrected chi connectivity index (χ2v) is 9.71. The first-order chi connectivity index (χ1) is 16.0. The molecule has 1 saturated heterocycles. The Morgan fingerprint density at radius 1 is 1.06 bits per heavy atom. The molecule has 2 amide bonds. The van der Waals surface area contributed by atoms with Crippen LogP contribution < -0.4 is 4.74 Å². The van der Waals surface area contributed by atoms with E-state index in [1.54, 1.807) is 14.1 Å². The first kappa shape index (κ1) is 22.0. The van der Waals surface area contributed by atoms with Crippen LogP contribution in [0.4, 0.5) is 4.79 Å². The number of benzene rings is 2. The summed E-state index contributed by atoms with van der Waals surface area (Å²) in [4.78, 5) is 30.7. The number of likely N-dealkylation sites (tertiary alicyclic amines) is 1. The van der Waals surface area contributed by atoms with Crippen LogP contribution in [0.1, 0.15) is 58.6 Å². The standard InChI is InChI=1S/C27H33N3O3/c1-28(2)27(32)33-25-11-7-10-21-22-14-17-29(24(22)13-12-23(21)25)15-5-6-16-30-18-19-8-3-4-9-20(19)26(30)31/h3-4,7-11,22,24H,5-6,12-18H2,1-2H3/t22-,24+/m1/s1. The van der Waals surface area contributed by atoms with Crippen LogP contribution in [0.5, 0.6) is 5.75 Å². The molecule has 0 radical (unpaired) electrons. The van der Waals surface area contributed by atoms with Crippen molar-refractivity contribution in [3.05, 3.63) is 64.7 Å². The number of rotatable bonds is 6. The fourth-order valence-electron chi connectivity index (χ4n) is 5.83. The van der Waals surface area contributed by atoms with Crippen molar-refractivity contribution in [3.8, 4) is 5.75 Å². The summed E-state index contributed by atoms with van der Waals surface area (Å²) in [5.74, 6) is 1.42. The number of ether oxygens (including phenoxy) is 1. The number of carbonyl (C=O) groups is 2. The Kier molecular flexibility index (Phi) is 6.11. The Bertz CT molecular complexity index is 1050. The fraction of sp³-hybridized carbons (Fsp3) is 0.481. The van der Waals surface area contributed by atoms with Crippen molar-refractivity contribution in [2.24, 2.45) is 0 Å². The van der Waals surface area contributed by atoms with Gasteiger partial charge in [-0.25, -0.2) is 4.79 Å². The van der Waals surface area contributed by atoms with E-state index in [0.29, 0.717) is 12.0 Å². The van der Waals surface area contributed by atoms with Gasteiger partial charge in [0.05, 0.1) is 0 Å². The monoisotopic (exact) mass is 447 g/mol. The van der Waals surface area contributed by atoms with Gasteiger partial charge in [-0.05, 0) is 74.0 Å². The van der Waals surface area contributed by atoms with E-state index in [2.05, 4.69) is 17.0 Å². The zero-order valence-corrected chi connectivity index (χ0v) is 19.6. The average molecular weight is 448 g/mol. The highest BCUT2D eigenvalue weighted by Gasteiger charge is 2.39. The number of carbonyl (C=O) groups excluding carboxylic acids is 2. The van der Waals surface area contributed by atoms with Crippen molar-refractivity contribution < 1.29 is 14.3 Å². The van der Waals surface area contributed by atoms with Crippen molar-refractivity contribution >= 4 is 12.0 Å². The number of hydrogen-bond acceptors (Lipinski definition) is 4. The topological polar surface area (TPSA) is 53.1 Å². The molecular weight excluding hydrogens is 414 g/mol. The number of unbranched alkanes of at least 4 members (excludes halogenated alkanes) is 1. The third-order valence-electron chi connectivity index (χ3n) is 7.50. The van der Waals surface area contributed by atoms with E-state index in [9.17, 15) is 9.59 Å². The van der Waals surface area contributed by atoms with Crippen LogP contribution in [0.3, 0.4) is 0 Å². The van der Waals surface area contributed by atoms with Gasteiger partial charge < -0.3 is 14.5 Å². The molecule has 2 atom stereocenters. The largest absolute Gasteiger partial charge is 0.414 e. The Hall–Kier alpha value is -2.86. The Labute approximate surface area is 196 Å². The Balaban J connectivity index is 1.15. The predicted octanol–water partition coefficient (Wildman–Crippen LogP) is 4.29. The highest BCUT2D eigenvalue weighted by atomic mass is 16.6. The van der Waals surface area contributed by atoms with Gasteiger partial charge in [0, 0.05) is 44.7 Å². The highest BCUT2D eigenvalue weighted by Crippen LogP contribution is 2.44. The first-order valence-corrected chi connectivity index (χ1v) is 12.1. The van der Waals surface area contributed by atoms with Gasteiger partial charge >= 0.3 is 6.09 Å². The molecule has 2 aromatic rings. The van der Waals surface area contributed by atoms with E-state index in [1.807, 2.05) is 35.2 Å². The van der Waals surface area contributed by atoms with Crippen molar-refractivity contribution in [3.63, 3.8) is 0 Å². The summed E-state index contributed by atoms with van der Waals surface area (Å²) in [7, 11) is 3.42. The van der Waals surface area contributed by atoms with Gasteiger partial charge in [0.1, 0.15) is 5.75 Å². The summed E-state index contributed by atoms with van der Waals surface area (Å²) < 4.78 is 5.65. The van der Waals surface area contributed by atoms with E-state index >= 15 is 0 Å². The van der Waals surface area contributed by atoms with Crippen molar-refractivity contribution in [2.75, 3.05) is 33.7 Å². The molecule has 0 aromatic heterocycles. The molecule has 0 unspecified atom stereocenters. The minimum Gasteiger partial charge on any atom is -0.410 e. The summed E-state index contributed by atoms with van der Waals surface area (Å²) >= 11 is 0. The zero-order chi connectivity index (χ0) is 22.9. The molecular formula is C27H33N3O3. The molecule has 33 heavy (non-hydrogen) atoms. The Morgan fingerprint density at radius 3 is 2.70 bits per heavy atom. The van der Waals surface area contributed by atoms with Gasteiger partial charge in [0.15, 0.2) is 0 Å². The van der Waals surface area contributed by atoms with Gasteiger partial charge in [-0.1, -0.05) is 30.3 Å². The third-order valence-corrected chi connectivity index (χ3v) is 7.50. The molecule has 174 valence electrons. The fourth-order valence-corrected chi connectivity index (χ4v) is 5.83. The second-order valence-electron chi connectivity index (χ2n) is 9.71. The van der Waals surface area contributed by atoms with E-state index in [4.69, 9.17) is 4.74 Å². The van der Waals surface area contributed by atoms with Crippen LogP contribution in [0.25, 0.3) is 0 Å². The smallest absolute Gasteiger partial charge is 0.410 e. The molecule has 3 aliphatic rings. The van der Waals surface area contributed by atoms with Crippen LogP contribution in [-0.2, 0) is 13.0 Å². The molecule has 1 aliphatic carbocycles. The second kappa shape index (κ2) is 9.18. The normalized spacial score (nSPS) is 21.5. The minimum atomic E-state index is -0.321. The lowest BCUT2D eigenvalue weighted by Crippen LogP contribution is -2.36. The number of hydrogen-bond donors (Lipinski definition) is 0. The van der Waals surface area contributed by atoms with E-state index in [-0.39, 0.29) is 12.0 Å². The summed E-state index contributed by atoms with van der Waals surface area (Å²) in [6.07, 6.45) is 5.03. The molecule has 2 heterocycles. The molecule has 0 saturated carbocycles. The number of nitrogens with zero attached hydrogens (tertiary/aromatic N) is 3. The summed E-state index contributed by atoms with van der Waals surface area (Å²) in [6.45, 7) is 3.78. The van der Waals surface area contributed by atoms with Crippen molar-refractivity contribution in [1.29, 1.82) is 0 Å². The quantitative estimate of drug-likeness (QED) is 0.620. The lowest BCUT2D eigenvalue weighted by Gasteiger charge is -2.34. The van der Waals surface area contributed by atoms with Crippen LogP contribution >= 0.6 is 0 Å². The predicted molar refractivity (Wildman–Crippen MR) is 128 cm³/mol. The molecule has 0 bridgehead atoms. The minimum absolute atomic E-state index is 0.182. The average Bonchev–Trinajstić information content (AvgIpc) is 3.38. The molecule has 1 fully saturated rings. The maximum atomic E-state index is 12.6. The lowest BCUT2D eigenvalue weighted by atomic mass is 9.79. The van der Waals surface area contributed by atoms with E-state index < -0.39 is 0 Å². The lowest BCUT2D eigenvalue weighted by molar-refractivity contribution is 0.0773. The van der Waals surface area contributed by atoms with Crippen molar-refractivity contribution in [2.45, 2.75) is 50.6 Å². The SMILES string of the molecule is CN(C)C(=O)Oc1cccc2c1CC[C@H]1[C@@H]2CCN1CCCCN1Cc2ccccc2C1=O. The number of amides is 2. The molecule has 2 aliphatic heterocycles. The van der Waals surface area contributed by atoms with Gasteiger partial charge in [0.25, 0.3) is 5.91 Å². The molecule has 6 heteroatoms. The third kappa shape index (κ3) is 4.24. The van der Waals surface area contributed by atoms with Crippen molar-refractivity contribution in [1.82, 2.24) is 14.7 Å². The molecule has 5 rings (SSSR count). The van der Waals surface area contributed by atoms with Crippen LogP contribution in [0, 0.1) is 0 Å². The zero-order valence-electron chi connectivity index (χ0n) is 19.6. The number of fused-ring (bicyclic) bond motifs is 4. The highest BCUT2D eigenvalue weighted by molar-refractivity contribution is 5.98. The van der Waals surface area contributed by atoms with Crippen LogP contribution in [0.15, 0.2) is 42.5 Å². The Morgan fingerprint density at radius 2 is 1.88 bits per heavy atom. The summed E-state index contributed by atoms with van der Waals surface area (Å²) in [5, 5.41) is 0. The molecule has 2 aromatic carbocycles. The van der Waals surface area contributed by atoms with Gasteiger partial charge in [0.2, 0.25) is 0 Å². The van der Waals surface area contributed by atoms with Gasteiger partial charge in [-0.15, -0.1) is 0 Å². The van der Waals surface area contributed by atoms with Gasteiger partial charge in [-0.3, -0.25) is 9.69 Å². The molecule has 0 N–H and O–H groups in total. The molecule has 6 nitrogen and oxygen atoms in total. The maximum absolute atomic E-state index is 12.6. The van der Waals surface area contributed by atoms with Crippen LogP contribution in [-0.4, -0.2) is 66.5 Å².